The number of hydrogen-bond acceptors (Lipinski definition) is 6. The van der Waals surface area contributed by atoms with Crippen molar-refractivity contribution in [2.24, 2.45) is 7.05 Å². The highest BCUT2D eigenvalue weighted by molar-refractivity contribution is 5.83. The maximum Gasteiger partial charge on any atom is 0.280 e. The zero-order valence-corrected chi connectivity index (χ0v) is 17.0. The summed E-state index contributed by atoms with van der Waals surface area (Å²) in [4.78, 5) is 25.6. The Bertz CT molecular complexity index is 1470. The van der Waals surface area contributed by atoms with E-state index in [9.17, 15) is 4.79 Å². The maximum atomic E-state index is 12.7. The summed E-state index contributed by atoms with van der Waals surface area (Å²) in [5.74, 6) is 1.92. The molecule has 1 fully saturated rings. The van der Waals surface area contributed by atoms with Crippen molar-refractivity contribution in [3.8, 4) is 0 Å². The summed E-state index contributed by atoms with van der Waals surface area (Å²) in [5, 5.41) is 6.71. The molecule has 1 aliphatic carbocycles. The lowest BCUT2D eigenvalue weighted by molar-refractivity contribution is 0.315. The van der Waals surface area contributed by atoms with E-state index < -0.39 is 0 Å². The first kappa shape index (κ1) is 18.0. The molecule has 3 aromatic heterocycles. The van der Waals surface area contributed by atoms with Crippen LogP contribution < -0.4 is 5.56 Å². The van der Waals surface area contributed by atoms with Crippen LogP contribution in [0.15, 0.2) is 64.4 Å². The summed E-state index contributed by atoms with van der Waals surface area (Å²) in [7, 11) is 1.77. The van der Waals surface area contributed by atoms with E-state index in [0.717, 1.165) is 18.7 Å². The smallest absolute Gasteiger partial charge is 0.280 e. The second kappa shape index (κ2) is 6.87. The predicted octanol–water partition coefficient (Wildman–Crippen LogP) is 3.38. The van der Waals surface area contributed by atoms with E-state index >= 15 is 0 Å². The van der Waals surface area contributed by atoms with Crippen LogP contribution in [0.5, 0.6) is 0 Å². The van der Waals surface area contributed by atoms with E-state index in [-0.39, 0.29) is 18.0 Å². The van der Waals surface area contributed by atoms with Gasteiger partial charge in [0.2, 0.25) is 5.89 Å². The third kappa shape index (κ3) is 3.02. The van der Waals surface area contributed by atoms with Gasteiger partial charge in [-0.2, -0.15) is 4.98 Å². The molecule has 0 bridgehead atoms. The van der Waals surface area contributed by atoms with Crippen molar-refractivity contribution in [2.75, 3.05) is 0 Å². The Balaban J connectivity index is 1.17. The van der Waals surface area contributed by atoms with Crippen molar-refractivity contribution in [3.63, 3.8) is 0 Å². The summed E-state index contributed by atoms with van der Waals surface area (Å²) in [6, 6.07) is 15.1. The average Bonchev–Trinajstić information content (AvgIpc) is 3.36. The fraction of sp³-hybridized carbons (Fsp3) is 0.261. The van der Waals surface area contributed by atoms with Crippen LogP contribution in [0.4, 0.5) is 0 Å². The first-order chi connectivity index (χ1) is 15.2. The largest absolute Gasteiger partial charge is 0.337 e. The van der Waals surface area contributed by atoms with Crippen LogP contribution in [0.1, 0.15) is 42.0 Å². The van der Waals surface area contributed by atoms with Crippen LogP contribution in [0.3, 0.4) is 0 Å². The number of benzene rings is 2. The lowest BCUT2D eigenvalue weighted by Gasteiger charge is -2.33. The van der Waals surface area contributed by atoms with Crippen molar-refractivity contribution in [2.45, 2.75) is 31.2 Å². The predicted molar refractivity (Wildman–Crippen MR) is 115 cm³/mol. The number of imidazole rings is 1. The molecule has 3 heterocycles. The van der Waals surface area contributed by atoms with E-state index in [1.165, 1.54) is 27.2 Å². The second-order valence-corrected chi connectivity index (χ2v) is 8.22. The van der Waals surface area contributed by atoms with Crippen molar-refractivity contribution >= 4 is 21.9 Å². The Hall–Kier alpha value is -3.81. The number of aromatic nitrogens is 6. The molecule has 5 aromatic rings. The highest BCUT2D eigenvalue weighted by Crippen LogP contribution is 2.47. The molecule has 1 aliphatic rings. The summed E-state index contributed by atoms with van der Waals surface area (Å²) in [6.07, 6.45) is 5.05. The van der Waals surface area contributed by atoms with Crippen LogP contribution >= 0.6 is 0 Å². The van der Waals surface area contributed by atoms with Crippen molar-refractivity contribution in [1.82, 2.24) is 29.2 Å². The molecule has 0 spiro atoms. The molecule has 0 saturated heterocycles. The molecule has 0 atom stereocenters. The van der Waals surface area contributed by atoms with E-state index in [1.807, 2.05) is 0 Å². The first-order valence-corrected chi connectivity index (χ1v) is 10.3. The molecule has 1 saturated carbocycles. The molecular weight excluding hydrogens is 392 g/mol. The van der Waals surface area contributed by atoms with E-state index in [1.54, 1.807) is 17.9 Å². The molecule has 8 heteroatoms. The molecule has 2 aromatic carbocycles. The van der Waals surface area contributed by atoms with Gasteiger partial charge >= 0.3 is 0 Å². The third-order valence-electron chi connectivity index (χ3n) is 6.24. The van der Waals surface area contributed by atoms with Gasteiger partial charge in [-0.3, -0.25) is 9.36 Å². The van der Waals surface area contributed by atoms with Crippen molar-refractivity contribution in [1.29, 1.82) is 0 Å². The van der Waals surface area contributed by atoms with Crippen molar-refractivity contribution in [3.05, 3.63) is 82.8 Å². The highest BCUT2D eigenvalue weighted by atomic mass is 16.5. The lowest BCUT2D eigenvalue weighted by atomic mass is 9.71. The lowest BCUT2D eigenvalue weighted by Crippen LogP contribution is -2.23. The Labute approximate surface area is 177 Å². The quantitative estimate of drug-likeness (QED) is 0.449. The fourth-order valence-corrected chi connectivity index (χ4v) is 4.39. The Kier molecular flexibility index (Phi) is 3.99. The molecule has 154 valence electrons. The van der Waals surface area contributed by atoms with Gasteiger partial charge in [-0.1, -0.05) is 47.6 Å². The minimum Gasteiger partial charge on any atom is -0.337 e. The summed E-state index contributed by atoms with van der Waals surface area (Å²) in [6.45, 7) is 0.195. The topological polar surface area (TPSA) is 91.6 Å². The molecule has 0 N–H and O–H groups in total. The number of rotatable bonds is 4. The summed E-state index contributed by atoms with van der Waals surface area (Å²) in [5.41, 5.74) is 2.08. The average molecular weight is 412 g/mol. The van der Waals surface area contributed by atoms with Gasteiger partial charge in [0.15, 0.2) is 17.0 Å². The maximum absolute atomic E-state index is 12.7. The molecule has 31 heavy (non-hydrogen) atoms. The van der Waals surface area contributed by atoms with Gasteiger partial charge in [0.05, 0.1) is 6.33 Å². The fourth-order valence-electron chi connectivity index (χ4n) is 4.39. The molecule has 0 unspecified atom stereocenters. The molecule has 6 rings (SSSR count). The van der Waals surface area contributed by atoms with Crippen LogP contribution in [-0.2, 0) is 13.6 Å². The summed E-state index contributed by atoms with van der Waals surface area (Å²) >= 11 is 0. The molecule has 8 nitrogen and oxygen atoms in total. The van der Waals surface area contributed by atoms with E-state index in [0.29, 0.717) is 23.0 Å². The van der Waals surface area contributed by atoms with Crippen LogP contribution in [0.25, 0.3) is 21.9 Å². The number of nitrogens with zero attached hydrogens (tertiary/aromatic N) is 6. The van der Waals surface area contributed by atoms with E-state index in [4.69, 9.17) is 4.52 Å². The first-order valence-electron chi connectivity index (χ1n) is 10.3. The Morgan fingerprint density at radius 3 is 2.71 bits per heavy atom. The second-order valence-electron chi connectivity index (χ2n) is 8.22. The van der Waals surface area contributed by atoms with Gasteiger partial charge in [0, 0.05) is 13.0 Å². The highest BCUT2D eigenvalue weighted by Gasteiger charge is 2.34. The molecule has 0 aliphatic heterocycles. The molecular formula is C23H20N6O2. The Morgan fingerprint density at radius 2 is 1.84 bits per heavy atom. The Morgan fingerprint density at radius 1 is 1.03 bits per heavy atom. The minimum absolute atomic E-state index is 0.176. The third-order valence-corrected chi connectivity index (χ3v) is 6.24. The summed E-state index contributed by atoms with van der Waals surface area (Å²) < 4.78 is 8.57. The van der Waals surface area contributed by atoms with Crippen LogP contribution in [0, 0.1) is 0 Å². The molecule has 0 radical (unpaired) electrons. The van der Waals surface area contributed by atoms with Gasteiger partial charge in [-0.15, -0.1) is 0 Å². The molecule has 0 amide bonds. The van der Waals surface area contributed by atoms with Gasteiger partial charge in [-0.25, -0.2) is 9.97 Å². The van der Waals surface area contributed by atoms with Crippen LogP contribution in [0.2, 0.25) is 0 Å². The minimum atomic E-state index is -0.176. The monoisotopic (exact) mass is 412 g/mol. The normalized spacial score (nSPS) is 18.5. The van der Waals surface area contributed by atoms with Crippen molar-refractivity contribution < 1.29 is 4.52 Å². The zero-order valence-electron chi connectivity index (χ0n) is 17.0. The standard InChI is InChI=1S/C23H20N6O2/c1-28-12-24-22-20(28)23(30)29(13-25-22)11-19-26-21(27-31-19)18-9-17(10-18)16-7-6-14-4-2-3-5-15(14)8-16/h2-8,12-13,17-18H,9-11H2,1H3/t17-,18-. The SMILES string of the molecule is Cn1cnc2ncn(Cc3nc([C@H]4C[C@H](c5ccc6ccccc6c5)C4)no3)c(=O)c21. The van der Waals surface area contributed by atoms with Gasteiger partial charge in [-0.05, 0) is 35.1 Å². The number of hydrogen-bond donors (Lipinski definition) is 0. The van der Waals surface area contributed by atoms with Gasteiger partial charge in [0.25, 0.3) is 5.56 Å². The zero-order chi connectivity index (χ0) is 20.9. The van der Waals surface area contributed by atoms with Gasteiger partial charge < -0.3 is 9.09 Å². The number of aryl methyl sites for hydroxylation is 1. The van der Waals surface area contributed by atoms with Gasteiger partial charge in [0.1, 0.15) is 12.9 Å². The number of fused-ring (bicyclic) bond motifs is 2. The van der Waals surface area contributed by atoms with Crippen LogP contribution in [-0.4, -0.2) is 29.2 Å². The van der Waals surface area contributed by atoms with E-state index in [2.05, 4.69) is 62.6 Å².